The van der Waals surface area contributed by atoms with Crippen LogP contribution in [0.4, 0.5) is 0 Å². The molecule has 0 amide bonds. The van der Waals surface area contributed by atoms with E-state index in [1.807, 2.05) is 0 Å². The van der Waals surface area contributed by atoms with Crippen molar-refractivity contribution in [3.8, 4) is 0 Å². The van der Waals surface area contributed by atoms with Crippen LogP contribution in [0.5, 0.6) is 0 Å². The fourth-order valence-electron chi connectivity index (χ4n) is 0.227. The first-order valence-electron chi connectivity index (χ1n) is 2.12. The van der Waals surface area contributed by atoms with Crippen LogP contribution in [-0.2, 0) is 4.79 Å². The van der Waals surface area contributed by atoms with E-state index in [0.717, 1.165) is 0 Å². The largest absolute Gasteiger partial charge is 1.00 e. The zero-order chi connectivity index (χ0) is 5.70. The van der Waals surface area contributed by atoms with Gasteiger partial charge in [0.05, 0.1) is 0 Å². The van der Waals surface area contributed by atoms with E-state index in [4.69, 9.17) is 0 Å². The SMILES string of the molecule is CNCCC(=O)[O-].O.[Na+]. The first-order valence-corrected chi connectivity index (χ1v) is 2.12. The van der Waals surface area contributed by atoms with Crippen molar-refractivity contribution in [3.05, 3.63) is 0 Å². The number of rotatable bonds is 3. The average Bonchev–Trinajstić information content (AvgIpc) is 1.61. The van der Waals surface area contributed by atoms with E-state index in [1.54, 1.807) is 7.05 Å². The molecule has 5 heteroatoms. The fourth-order valence-corrected chi connectivity index (χ4v) is 0.227. The van der Waals surface area contributed by atoms with Crippen molar-refractivity contribution in [2.24, 2.45) is 0 Å². The summed E-state index contributed by atoms with van der Waals surface area (Å²) in [5.41, 5.74) is 0. The third-order valence-corrected chi connectivity index (χ3v) is 0.579. The maximum Gasteiger partial charge on any atom is 1.00 e. The zero-order valence-electron chi connectivity index (χ0n) is 5.73. The normalized spacial score (nSPS) is 6.78. The number of carbonyl (C=O) groups is 1. The van der Waals surface area contributed by atoms with Gasteiger partial charge in [-0.05, 0) is 13.5 Å². The van der Waals surface area contributed by atoms with E-state index in [-0.39, 0.29) is 41.5 Å². The van der Waals surface area contributed by atoms with Gasteiger partial charge in [-0.1, -0.05) is 0 Å². The second-order valence-electron chi connectivity index (χ2n) is 1.23. The molecular formula is C4H10NNaO3. The minimum atomic E-state index is -1.01. The number of hydrogen-bond acceptors (Lipinski definition) is 3. The van der Waals surface area contributed by atoms with Gasteiger partial charge >= 0.3 is 29.6 Å². The van der Waals surface area contributed by atoms with Crippen molar-refractivity contribution in [2.45, 2.75) is 6.42 Å². The molecule has 0 aliphatic rings. The Labute approximate surface area is 76.2 Å². The number of hydrogen-bond donors (Lipinski definition) is 1. The van der Waals surface area contributed by atoms with Gasteiger partial charge in [0, 0.05) is 12.5 Å². The van der Waals surface area contributed by atoms with Crippen molar-refractivity contribution in [2.75, 3.05) is 13.6 Å². The van der Waals surface area contributed by atoms with Crippen molar-refractivity contribution in [1.29, 1.82) is 0 Å². The molecule has 0 spiro atoms. The summed E-state index contributed by atoms with van der Waals surface area (Å²) in [7, 11) is 1.70. The van der Waals surface area contributed by atoms with Crippen molar-refractivity contribution >= 4 is 5.97 Å². The monoisotopic (exact) mass is 143 g/mol. The first-order chi connectivity index (χ1) is 3.27. The summed E-state index contributed by atoms with van der Waals surface area (Å²) in [5.74, 6) is -1.01. The predicted molar refractivity (Wildman–Crippen MR) is 27.2 cm³/mol. The molecule has 0 saturated heterocycles. The molecule has 0 unspecified atom stereocenters. The number of nitrogens with one attached hydrogen (secondary N) is 1. The Hall–Kier alpha value is 0.390. The van der Waals surface area contributed by atoms with Gasteiger partial charge < -0.3 is 20.7 Å². The Morgan fingerprint density at radius 3 is 2.22 bits per heavy atom. The molecule has 0 radical (unpaired) electrons. The van der Waals surface area contributed by atoms with E-state index in [2.05, 4.69) is 5.32 Å². The number of carboxylic acids is 1. The van der Waals surface area contributed by atoms with E-state index in [0.29, 0.717) is 6.54 Å². The average molecular weight is 143 g/mol. The topological polar surface area (TPSA) is 83.7 Å². The van der Waals surface area contributed by atoms with Gasteiger partial charge in [-0.25, -0.2) is 0 Å². The van der Waals surface area contributed by atoms with E-state index >= 15 is 0 Å². The quantitative estimate of drug-likeness (QED) is 0.400. The zero-order valence-corrected chi connectivity index (χ0v) is 7.73. The molecule has 3 N–H and O–H groups in total. The molecule has 0 atom stereocenters. The van der Waals surface area contributed by atoms with Crippen LogP contribution >= 0.6 is 0 Å². The molecule has 0 saturated carbocycles. The Kier molecular flexibility index (Phi) is 20.2. The Bertz CT molecular complexity index is 68.8. The van der Waals surface area contributed by atoms with Gasteiger partial charge in [-0.15, -0.1) is 0 Å². The molecule has 4 nitrogen and oxygen atoms in total. The minimum absolute atomic E-state index is 0. The third-order valence-electron chi connectivity index (χ3n) is 0.579. The summed E-state index contributed by atoms with van der Waals surface area (Å²) in [6.07, 6.45) is 0.0938. The van der Waals surface area contributed by atoms with E-state index in [1.165, 1.54) is 0 Å². The number of carbonyl (C=O) groups excluding carboxylic acids is 1. The van der Waals surface area contributed by atoms with Crippen LogP contribution in [0, 0.1) is 0 Å². The van der Waals surface area contributed by atoms with Crippen molar-refractivity contribution < 1.29 is 44.9 Å². The molecule has 0 rings (SSSR count). The fraction of sp³-hybridized carbons (Fsp3) is 0.750. The second kappa shape index (κ2) is 11.2. The summed E-state index contributed by atoms with van der Waals surface area (Å²) >= 11 is 0. The molecule has 0 aromatic heterocycles. The van der Waals surface area contributed by atoms with Crippen LogP contribution < -0.4 is 40.0 Å². The summed E-state index contributed by atoms with van der Waals surface area (Å²) in [6, 6.07) is 0. The maximum absolute atomic E-state index is 9.61. The summed E-state index contributed by atoms with van der Waals surface area (Å²) < 4.78 is 0. The van der Waals surface area contributed by atoms with E-state index in [9.17, 15) is 9.90 Å². The van der Waals surface area contributed by atoms with Gasteiger partial charge in [-0.3, -0.25) is 0 Å². The maximum atomic E-state index is 9.61. The summed E-state index contributed by atoms with van der Waals surface area (Å²) in [6.45, 7) is 0.488. The van der Waals surface area contributed by atoms with Crippen LogP contribution in [0.3, 0.4) is 0 Å². The van der Waals surface area contributed by atoms with Crippen LogP contribution in [0.15, 0.2) is 0 Å². The van der Waals surface area contributed by atoms with Crippen molar-refractivity contribution in [1.82, 2.24) is 5.32 Å². The van der Waals surface area contributed by atoms with Crippen molar-refractivity contribution in [3.63, 3.8) is 0 Å². The van der Waals surface area contributed by atoms with Gasteiger partial charge in [0.2, 0.25) is 0 Å². The Morgan fingerprint density at radius 1 is 1.67 bits per heavy atom. The smallest absolute Gasteiger partial charge is 0.550 e. The van der Waals surface area contributed by atoms with Gasteiger partial charge in [0.1, 0.15) is 0 Å². The van der Waals surface area contributed by atoms with Gasteiger partial charge in [-0.2, -0.15) is 0 Å². The number of aliphatic carboxylic acids is 1. The molecule has 0 aromatic carbocycles. The van der Waals surface area contributed by atoms with Gasteiger partial charge in [0.15, 0.2) is 0 Å². The molecule has 0 fully saturated rings. The minimum Gasteiger partial charge on any atom is -0.550 e. The molecule has 0 aliphatic heterocycles. The molecule has 9 heavy (non-hydrogen) atoms. The predicted octanol–water partition coefficient (Wildman–Crippen LogP) is -5.47. The first kappa shape index (κ1) is 16.2. The molecule has 0 heterocycles. The Morgan fingerprint density at radius 2 is 2.11 bits per heavy atom. The molecule has 50 valence electrons. The summed E-state index contributed by atoms with van der Waals surface area (Å²) in [4.78, 5) is 9.61. The molecular weight excluding hydrogens is 133 g/mol. The molecule has 0 aliphatic carbocycles. The second-order valence-corrected chi connectivity index (χ2v) is 1.23. The molecule has 0 bridgehead atoms. The van der Waals surface area contributed by atoms with Gasteiger partial charge in [0.25, 0.3) is 0 Å². The molecule has 0 aromatic rings. The van der Waals surface area contributed by atoms with Crippen LogP contribution in [0.25, 0.3) is 0 Å². The Balaban J connectivity index is -0.000000180. The standard InChI is InChI=1S/C4H9NO2.Na.H2O/c1-5-3-2-4(6)7;;/h5H,2-3H2,1H3,(H,6,7);;1H2/q;+1;/p-1. The number of carboxylic acid groups (broad SMARTS) is 1. The third kappa shape index (κ3) is 17.8. The summed E-state index contributed by atoms with van der Waals surface area (Å²) in [5, 5.41) is 12.3. The van der Waals surface area contributed by atoms with E-state index < -0.39 is 5.97 Å². The van der Waals surface area contributed by atoms with Crippen LogP contribution in [0.1, 0.15) is 6.42 Å². The van der Waals surface area contributed by atoms with Crippen LogP contribution in [-0.4, -0.2) is 25.0 Å². The van der Waals surface area contributed by atoms with Crippen LogP contribution in [0.2, 0.25) is 0 Å².